The number of ketones is 1. The minimum Gasteiger partial charge on any atom is -0.508 e. The molecule has 5 rings (SSSR count). The minimum absolute atomic E-state index is 0.0693. The summed E-state index contributed by atoms with van der Waals surface area (Å²) in [5.74, 6) is 2.64. The van der Waals surface area contributed by atoms with Crippen molar-refractivity contribution in [3.05, 3.63) is 53.6 Å². The van der Waals surface area contributed by atoms with Crippen molar-refractivity contribution in [3.8, 4) is 28.4 Å². The molecule has 8 heteroatoms. The van der Waals surface area contributed by atoms with E-state index in [-0.39, 0.29) is 23.4 Å². The lowest BCUT2D eigenvalue weighted by Gasteiger charge is -2.25. The van der Waals surface area contributed by atoms with Gasteiger partial charge >= 0.3 is 0 Å². The molecule has 0 spiro atoms. The molecule has 2 aliphatic rings. The Labute approximate surface area is 257 Å². The van der Waals surface area contributed by atoms with Crippen LogP contribution in [0.5, 0.6) is 17.2 Å². The van der Waals surface area contributed by atoms with E-state index in [0.717, 1.165) is 63.8 Å². The fraction of sp³-hybridized carbons (Fsp3) is 0.500. The van der Waals surface area contributed by atoms with Crippen molar-refractivity contribution in [2.75, 3.05) is 19.6 Å². The van der Waals surface area contributed by atoms with Gasteiger partial charge in [-0.2, -0.15) is 0 Å². The van der Waals surface area contributed by atoms with Gasteiger partial charge in [0.1, 0.15) is 11.5 Å². The second-order valence-electron chi connectivity index (χ2n) is 11.4. The van der Waals surface area contributed by atoms with E-state index in [0.29, 0.717) is 37.8 Å². The van der Waals surface area contributed by atoms with Crippen molar-refractivity contribution < 1.29 is 24.5 Å². The predicted octanol–water partition coefficient (Wildman–Crippen LogP) is 8.15. The molecule has 1 heterocycles. The summed E-state index contributed by atoms with van der Waals surface area (Å²) in [6.07, 6.45) is 10.6. The zero-order chi connectivity index (χ0) is 29.3. The third-order valence-electron chi connectivity index (χ3n) is 8.53. The number of aromatic hydroxyl groups is 2. The summed E-state index contributed by atoms with van der Waals surface area (Å²) >= 11 is 0. The molecule has 1 atom stereocenters. The number of ether oxygens (including phenoxy) is 2. The number of hydrogen-bond acceptors (Lipinski definition) is 8. The van der Waals surface area contributed by atoms with Crippen molar-refractivity contribution in [3.63, 3.8) is 0 Å². The normalized spacial score (nSPS) is 19.7. The van der Waals surface area contributed by atoms with E-state index in [9.17, 15) is 15.0 Å². The summed E-state index contributed by atoms with van der Waals surface area (Å²) in [5.41, 5.74) is 3.81. The number of rotatable bonds is 5. The molecule has 0 radical (unpaired) electrons. The maximum Gasteiger partial charge on any atom is 0.168 e. The van der Waals surface area contributed by atoms with Gasteiger partial charge in [-0.3, -0.25) is 10.1 Å². The fourth-order valence-corrected chi connectivity index (χ4v) is 8.50. The quantitative estimate of drug-likeness (QED) is 0.197. The minimum atomic E-state index is -0.0762. The zero-order valence-corrected chi connectivity index (χ0v) is 26.2. The van der Waals surface area contributed by atoms with Crippen LogP contribution in [0.4, 0.5) is 0 Å². The summed E-state index contributed by atoms with van der Waals surface area (Å²) in [6.45, 7) is 0.507. The predicted molar refractivity (Wildman–Crippen MR) is 175 cm³/mol. The van der Waals surface area contributed by atoms with Gasteiger partial charge in [-0.05, 0) is 77.8 Å². The first-order chi connectivity index (χ1) is 20.5. The van der Waals surface area contributed by atoms with Crippen LogP contribution in [0.15, 0.2) is 42.5 Å². The lowest BCUT2D eigenvalue weighted by Crippen LogP contribution is -2.35. The SMILES string of the molecule is COc1c(O)ccc2c1-c1ccc3ccc(O)cc3c1CSSCCCC[C@@H](OCNC1CCCCC1)CC(=O)CC2. The Morgan fingerprint density at radius 2 is 1.74 bits per heavy atom. The number of carbonyl (C=O) groups is 1. The Morgan fingerprint density at radius 1 is 0.929 bits per heavy atom. The van der Waals surface area contributed by atoms with Crippen molar-refractivity contribution in [2.24, 2.45) is 0 Å². The van der Waals surface area contributed by atoms with Gasteiger partial charge in [0.2, 0.25) is 0 Å². The molecule has 42 heavy (non-hydrogen) atoms. The van der Waals surface area contributed by atoms with Crippen LogP contribution in [0.25, 0.3) is 21.9 Å². The van der Waals surface area contributed by atoms with Crippen LogP contribution < -0.4 is 10.1 Å². The second-order valence-corrected chi connectivity index (χ2v) is 14.0. The number of carbonyl (C=O) groups excluding carboxylic acids is 1. The monoisotopic (exact) mass is 609 g/mol. The first-order valence-corrected chi connectivity index (χ1v) is 17.8. The first-order valence-electron chi connectivity index (χ1n) is 15.3. The second kappa shape index (κ2) is 15.4. The van der Waals surface area contributed by atoms with E-state index in [1.165, 1.54) is 32.1 Å². The van der Waals surface area contributed by atoms with Gasteiger partial charge in [-0.25, -0.2) is 0 Å². The van der Waals surface area contributed by atoms with Crippen LogP contribution in [0.1, 0.15) is 75.3 Å². The van der Waals surface area contributed by atoms with Gasteiger partial charge < -0.3 is 19.7 Å². The average molecular weight is 610 g/mol. The van der Waals surface area contributed by atoms with E-state index in [1.54, 1.807) is 19.2 Å². The molecule has 1 aliphatic heterocycles. The van der Waals surface area contributed by atoms with Gasteiger partial charge in [0.05, 0.1) is 19.9 Å². The molecule has 0 bridgehead atoms. The number of phenols is 2. The Balaban J connectivity index is 1.42. The van der Waals surface area contributed by atoms with E-state index in [4.69, 9.17) is 9.47 Å². The summed E-state index contributed by atoms with van der Waals surface area (Å²) in [5, 5.41) is 26.7. The van der Waals surface area contributed by atoms with Crippen LogP contribution in [0, 0.1) is 0 Å². The molecule has 1 saturated carbocycles. The molecular formula is C34H43NO5S2. The number of Topliss-reactive ketones (excluding diaryl/α,β-unsaturated/α-hetero) is 1. The van der Waals surface area contributed by atoms with Crippen LogP contribution in [0.3, 0.4) is 0 Å². The van der Waals surface area contributed by atoms with Crippen LogP contribution in [0.2, 0.25) is 0 Å². The van der Waals surface area contributed by atoms with Crippen molar-refractivity contribution in [2.45, 2.75) is 88.5 Å². The van der Waals surface area contributed by atoms with Crippen molar-refractivity contribution in [1.82, 2.24) is 5.32 Å². The molecule has 1 fully saturated rings. The lowest BCUT2D eigenvalue weighted by atomic mass is 9.89. The third kappa shape index (κ3) is 7.95. The topological polar surface area (TPSA) is 88.0 Å². The molecule has 1 aliphatic carbocycles. The Bertz CT molecular complexity index is 1360. The molecule has 6 nitrogen and oxygen atoms in total. The smallest absolute Gasteiger partial charge is 0.168 e. The van der Waals surface area contributed by atoms with Crippen LogP contribution >= 0.6 is 21.6 Å². The van der Waals surface area contributed by atoms with E-state index in [2.05, 4.69) is 11.4 Å². The van der Waals surface area contributed by atoms with Crippen molar-refractivity contribution in [1.29, 1.82) is 0 Å². The first kappa shape index (κ1) is 31.0. The van der Waals surface area contributed by atoms with Gasteiger partial charge in [0.25, 0.3) is 0 Å². The maximum absolute atomic E-state index is 13.3. The summed E-state index contributed by atoms with van der Waals surface area (Å²) in [6, 6.07) is 13.7. The summed E-state index contributed by atoms with van der Waals surface area (Å²) in [7, 11) is 5.23. The standard InChI is InChI=1S/C34H43NO5S2/c1-39-34-32(38)17-13-24-11-15-26(36)19-28(40-22-35-25-7-3-2-4-8-25)9-5-6-18-41-42-21-31-29(33(24)34)16-12-23-10-14-27(37)20-30(23)31/h10,12-14,16-17,20,25,28,35,37-38H,2-9,11,15,18-19,21-22H2,1H3/t28-/m1/s1. The molecule has 0 unspecified atom stereocenters. The third-order valence-corrected chi connectivity index (χ3v) is 10.9. The Morgan fingerprint density at radius 3 is 2.57 bits per heavy atom. The highest BCUT2D eigenvalue weighted by Gasteiger charge is 2.22. The van der Waals surface area contributed by atoms with Gasteiger partial charge in [0.15, 0.2) is 11.5 Å². The van der Waals surface area contributed by atoms with E-state index in [1.807, 2.05) is 45.9 Å². The fourth-order valence-electron chi connectivity index (χ4n) is 6.24. The highest BCUT2D eigenvalue weighted by molar-refractivity contribution is 8.76. The Hall–Kier alpha value is -2.39. The largest absolute Gasteiger partial charge is 0.508 e. The van der Waals surface area contributed by atoms with E-state index < -0.39 is 0 Å². The average Bonchev–Trinajstić information content (AvgIpc) is 2.99. The lowest BCUT2D eigenvalue weighted by molar-refractivity contribution is -0.122. The van der Waals surface area contributed by atoms with Gasteiger partial charge in [-0.1, -0.05) is 71.5 Å². The van der Waals surface area contributed by atoms with Crippen LogP contribution in [-0.4, -0.2) is 47.7 Å². The van der Waals surface area contributed by atoms with Gasteiger partial charge in [-0.15, -0.1) is 0 Å². The molecule has 3 aromatic rings. The van der Waals surface area contributed by atoms with E-state index >= 15 is 0 Å². The zero-order valence-electron chi connectivity index (χ0n) is 24.5. The molecular weight excluding hydrogens is 567 g/mol. The summed E-state index contributed by atoms with van der Waals surface area (Å²) < 4.78 is 12.0. The Kier molecular flexibility index (Phi) is 11.4. The number of nitrogens with one attached hydrogen (secondary N) is 1. The van der Waals surface area contributed by atoms with Crippen LogP contribution in [-0.2, 0) is 21.7 Å². The number of methoxy groups -OCH3 is 1. The molecule has 3 aromatic carbocycles. The maximum atomic E-state index is 13.3. The number of hydrogen-bond donors (Lipinski definition) is 3. The number of aryl methyl sites for hydroxylation is 1. The molecule has 0 aromatic heterocycles. The van der Waals surface area contributed by atoms with Crippen molar-refractivity contribution >= 4 is 38.1 Å². The van der Waals surface area contributed by atoms with Gasteiger partial charge in [0, 0.05) is 36.0 Å². The highest BCUT2D eigenvalue weighted by atomic mass is 33.1. The molecule has 3 N–H and O–H groups in total. The number of fused-ring (bicyclic) bond motifs is 5. The molecule has 226 valence electrons. The molecule has 0 amide bonds. The highest BCUT2D eigenvalue weighted by Crippen LogP contribution is 2.45. The summed E-state index contributed by atoms with van der Waals surface area (Å²) in [4.78, 5) is 13.3. The number of benzene rings is 3. The molecule has 0 saturated heterocycles. The number of phenolic OH excluding ortho intramolecular Hbond substituents is 2.